The molecule has 0 fully saturated rings. The van der Waals surface area contributed by atoms with Crippen LogP contribution in [0.2, 0.25) is 0 Å². The molecule has 1 aromatic rings. The molecule has 2 atom stereocenters. The maximum absolute atomic E-state index is 12.1. The predicted octanol–water partition coefficient (Wildman–Crippen LogP) is 4.33. The molecule has 2 heteroatoms. The Hall–Kier alpha value is -1.31. The quantitative estimate of drug-likeness (QED) is 0.752. The lowest BCUT2D eigenvalue weighted by Crippen LogP contribution is -2.23. The molecule has 0 aliphatic carbocycles. The van der Waals surface area contributed by atoms with Crippen LogP contribution in [0.1, 0.15) is 46.6 Å². The summed E-state index contributed by atoms with van der Waals surface area (Å²) in [7, 11) is 0. The van der Waals surface area contributed by atoms with Crippen molar-refractivity contribution < 1.29 is 4.79 Å². The summed E-state index contributed by atoms with van der Waals surface area (Å²) >= 11 is 0. The maximum atomic E-state index is 12.1. The number of anilines is 1. The lowest BCUT2D eigenvalue weighted by atomic mass is 9.80. The first-order chi connectivity index (χ1) is 9.31. The molecule has 1 rings (SSSR count). The number of rotatable bonds is 7. The fourth-order valence-electron chi connectivity index (χ4n) is 2.69. The average Bonchev–Trinajstić information content (AvgIpc) is 2.39. The molecule has 1 aromatic carbocycles. The van der Waals surface area contributed by atoms with Crippen LogP contribution in [0.4, 0.5) is 5.69 Å². The SMILES string of the molecule is CC(C)C(=O)C(C)CC(Cc1ccc(N)cc1)C(C)C. The molecule has 112 valence electrons. The van der Waals surface area contributed by atoms with Crippen molar-refractivity contribution in [3.05, 3.63) is 29.8 Å². The van der Waals surface area contributed by atoms with Crippen molar-refractivity contribution >= 4 is 11.5 Å². The Morgan fingerprint density at radius 2 is 1.60 bits per heavy atom. The van der Waals surface area contributed by atoms with Crippen molar-refractivity contribution in [2.24, 2.45) is 23.7 Å². The molecule has 2 unspecified atom stereocenters. The molecule has 2 nitrogen and oxygen atoms in total. The van der Waals surface area contributed by atoms with Gasteiger partial charge in [0.05, 0.1) is 0 Å². The van der Waals surface area contributed by atoms with E-state index in [0.717, 1.165) is 18.5 Å². The van der Waals surface area contributed by atoms with Crippen LogP contribution in [0.5, 0.6) is 0 Å². The molecule has 0 saturated heterocycles. The van der Waals surface area contributed by atoms with Crippen molar-refractivity contribution in [2.75, 3.05) is 5.73 Å². The fourth-order valence-corrected chi connectivity index (χ4v) is 2.69. The largest absolute Gasteiger partial charge is 0.399 e. The number of hydrogen-bond acceptors (Lipinski definition) is 2. The Kier molecular flexibility index (Phi) is 6.25. The van der Waals surface area contributed by atoms with Gasteiger partial charge in [-0.05, 0) is 42.4 Å². The van der Waals surface area contributed by atoms with Crippen LogP contribution in [0.15, 0.2) is 24.3 Å². The normalized spacial score (nSPS) is 14.6. The third-order valence-electron chi connectivity index (χ3n) is 4.13. The zero-order chi connectivity index (χ0) is 15.3. The van der Waals surface area contributed by atoms with E-state index in [1.165, 1.54) is 5.56 Å². The van der Waals surface area contributed by atoms with Gasteiger partial charge in [0, 0.05) is 17.5 Å². The first-order valence-corrected chi connectivity index (χ1v) is 7.69. The Bertz CT molecular complexity index is 420. The second-order valence-electron chi connectivity index (χ2n) is 6.64. The van der Waals surface area contributed by atoms with Crippen LogP contribution < -0.4 is 5.73 Å². The van der Waals surface area contributed by atoms with E-state index in [1.807, 2.05) is 26.0 Å². The zero-order valence-corrected chi connectivity index (χ0v) is 13.5. The highest BCUT2D eigenvalue weighted by Crippen LogP contribution is 2.26. The van der Waals surface area contributed by atoms with E-state index < -0.39 is 0 Å². The molecular weight excluding hydrogens is 246 g/mol. The number of carbonyl (C=O) groups excluding carboxylic acids is 1. The van der Waals surface area contributed by atoms with E-state index in [-0.39, 0.29) is 11.8 Å². The Labute approximate surface area is 123 Å². The van der Waals surface area contributed by atoms with Gasteiger partial charge in [0.25, 0.3) is 0 Å². The highest BCUT2D eigenvalue weighted by molar-refractivity contribution is 5.82. The molecule has 0 saturated carbocycles. The van der Waals surface area contributed by atoms with Gasteiger partial charge in [0.2, 0.25) is 0 Å². The third-order valence-corrected chi connectivity index (χ3v) is 4.13. The van der Waals surface area contributed by atoms with Crippen molar-refractivity contribution in [1.29, 1.82) is 0 Å². The summed E-state index contributed by atoms with van der Waals surface area (Å²) in [4.78, 5) is 12.1. The number of carbonyl (C=O) groups is 1. The number of nitrogen functional groups attached to an aromatic ring is 1. The van der Waals surface area contributed by atoms with Crippen LogP contribution in [0, 0.1) is 23.7 Å². The van der Waals surface area contributed by atoms with E-state index in [9.17, 15) is 4.79 Å². The minimum absolute atomic E-state index is 0.134. The summed E-state index contributed by atoms with van der Waals surface area (Å²) in [5.74, 6) is 1.78. The van der Waals surface area contributed by atoms with Gasteiger partial charge in [-0.25, -0.2) is 0 Å². The summed E-state index contributed by atoms with van der Waals surface area (Å²) in [5, 5.41) is 0. The van der Waals surface area contributed by atoms with Crippen LogP contribution in [-0.2, 0) is 11.2 Å². The number of Topliss-reactive ketones (excluding diaryl/α,β-unsaturated/α-hetero) is 1. The van der Waals surface area contributed by atoms with Crippen LogP contribution in [-0.4, -0.2) is 5.78 Å². The highest BCUT2D eigenvalue weighted by atomic mass is 16.1. The van der Waals surface area contributed by atoms with Crippen molar-refractivity contribution in [3.63, 3.8) is 0 Å². The summed E-state index contributed by atoms with van der Waals surface area (Å²) in [6.07, 6.45) is 1.99. The van der Waals surface area contributed by atoms with E-state index in [0.29, 0.717) is 17.6 Å². The van der Waals surface area contributed by atoms with Crippen molar-refractivity contribution in [3.8, 4) is 0 Å². The second-order valence-corrected chi connectivity index (χ2v) is 6.64. The van der Waals surface area contributed by atoms with E-state index in [4.69, 9.17) is 5.73 Å². The molecule has 0 aliphatic rings. The topological polar surface area (TPSA) is 43.1 Å². The molecule has 0 spiro atoms. The minimum Gasteiger partial charge on any atom is -0.399 e. The first-order valence-electron chi connectivity index (χ1n) is 7.69. The van der Waals surface area contributed by atoms with Gasteiger partial charge < -0.3 is 5.73 Å². The van der Waals surface area contributed by atoms with E-state index in [1.54, 1.807) is 0 Å². The number of hydrogen-bond donors (Lipinski definition) is 1. The predicted molar refractivity (Wildman–Crippen MR) is 86.5 cm³/mol. The first kappa shape index (κ1) is 16.7. The second kappa shape index (κ2) is 7.47. The standard InChI is InChI=1S/C18H29NO/c1-12(2)16(10-14(5)18(20)13(3)4)11-15-6-8-17(19)9-7-15/h6-9,12-14,16H,10-11,19H2,1-5H3. The summed E-state index contributed by atoms with van der Waals surface area (Å²) in [5.41, 5.74) is 7.84. The molecule has 0 aromatic heterocycles. The number of benzene rings is 1. The molecule has 0 bridgehead atoms. The van der Waals surface area contributed by atoms with Gasteiger partial charge in [-0.3, -0.25) is 4.79 Å². The molecular formula is C18H29NO. The van der Waals surface area contributed by atoms with Crippen LogP contribution in [0.25, 0.3) is 0 Å². The highest BCUT2D eigenvalue weighted by Gasteiger charge is 2.23. The lowest BCUT2D eigenvalue weighted by Gasteiger charge is -2.25. The van der Waals surface area contributed by atoms with Gasteiger partial charge in [-0.2, -0.15) is 0 Å². The Morgan fingerprint density at radius 1 is 1.05 bits per heavy atom. The Balaban J connectivity index is 2.70. The minimum atomic E-state index is 0.134. The number of ketones is 1. The average molecular weight is 275 g/mol. The molecule has 0 heterocycles. The molecule has 2 N–H and O–H groups in total. The van der Waals surface area contributed by atoms with Crippen molar-refractivity contribution in [1.82, 2.24) is 0 Å². The van der Waals surface area contributed by atoms with E-state index >= 15 is 0 Å². The molecule has 0 aliphatic heterocycles. The molecule has 20 heavy (non-hydrogen) atoms. The van der Waals surface area contributed by atoms with Gasteiger partial charge in [-0.15, -0.1) is 0 Å². The smallest absolute Gasteiger partial charge is 0.138 e. The monoisotopic (exact) mass is 275 g/mol. The molecule has 0 radical (unpaired) electrons. The number of nitrogens with two attached hydrogens (primary N) is 1. The summed E-state index contributed by atoms with van der Waals surface area (Å²) in [6.45, 7) is 10.5. The van der Waals surface area contributed by atoms with Crippen LogP contribution >= 0.6 is 0 Å². The maximum Gasteiger partial charge on any atom is 0.138 e. The van der Waals surface area contributed by atoms with E-state index in [2.05, 4.69) is 32.9 Å². The van der Waals surface area contributed by atoms with Gasteiger partial charge >= 0.3 is 0 Å². The zero-order valence-electron chi connectivity index (χ0n) is 13.5. The third kappa shape index (κ3) is 4.99. The summed E-state index contributed by atoms with van der Waals surface area (Å²) in [6, 6.07) is 8.10. The van der Waals surface area contributed by atoms with Crippen LogP contribution in [0.3, 0.4) is 0 Å². The van der Waals surface area contributed by atoms with Gasteiger partial charge in [0.1, 0.15) is 5.78 Å². The van der Waals surface area contributed by atoms with Gasteiger partial charge in [0.15, 0.2) is 0 Å². The fraction of sp³-hybridized carbons (Fsp3) is 0.611. The summed E-state index contributed by atoms with van der Waals surface area (Å²) < 4.78 is 0. The Morgan fingerprint density at radius 3 is 2.05 bits per heavy atom. The van der Waals surface area contributed by atoms with Crippen molar-refractivity contribution in [2.45, 2.75) is 47.5 Å². The lowest BCUT2D eigenvalue weighted by molar-refractivity contribution is -0.125. The molecule has 0 amide bonds. The van der Waals surface area contributed by atoms with Gasteiger partial charge in [-0.1, -0.05) is 46.8 Å².